The van der Waals surface area contributed by atoms with Crippen LogP contribution < -0.4 is 10.6 Å². The van der Waals surface area contributed by atoms with E-state index in [2.05, 4.69) is 138 Å². The number of fused-ring (bicyclic) bond motifs is 4. The van der Waals surface area contributed by atoms with Gasteiger partial charge in [-0.1, -0.05) is 133 Å². The number of nitrogens with one attached hydrogen (secondary N) is 2. The topological polar surface area (TPSA) is 37.2 Å². The minimum atomic E-state index is 0.128. The lowest BCUT2D eigenvalue weighted by molar-refractivity contribution is 0.557. The van der Waals surface area contributed by atoms with Crippen LogP contribution in [-0.2, 0) is 0 Å². The summed E-state index contributed by atoms with van der Waals surface area (Å²) in [7, 11) is 0. The van der Waals surface area contributed by atoms with Gasteiger partial charge < -0.3 is 15.1 Å². The summed E-state index contributed by atoms with van der Waals surface area (Å²) in [5.74, 6) is 0. The molecule has 0 saturated carbocycles. The molecule has 1 aliphatic heterocycles. The fourth-order valence-corrected chi connectivity index (χ4v) is 6.14. The van der Waals surface area contributed by atoms with Crippen LogP contribution >= 0.6 is 0 Å². The number of hydrogen-bond donors (Lipinski definition) is 2. The van der Waals surface area contributed by atoms with Gasteiger partial charge in [0.1, 0.15) is 11.2 Å². The molecule has 8 rings (SSSR count). The molecule has 0 spiro atoms. The molecule has 0 fully saturated rings. The first-order valence-corrected chi connectivity index (χ1v) is 14.1. The molecule has 2 aliphatic rings. The van der Waals surface area contributed by atoms with Crippen LogP contribution in [0.25, 0.3) is 50.0 Å². The first-order valence-electron chi connectivity index (χ1n) is 14.1. The Morgan fingerprint density at radius 2 is 1.10 bits per heavy atom. The Morgan fingerprint density at radius 1 is 0.488 bits per heavy atom. The molecule has 1 aliphatic carbocycles. The molecule has 3 nitrogen and oxygen atoms in total. The van der Waals surface area contributed by atoms with E-state index < -0.39 is 0 Å². The van der Waals surface area contributed by atoms with E-state index >= 15 is 0 Å². The number of benzene rings is 5. The number of rotatable bonds is 4. The third-order valence-electron chi connectivity index (χ3n) is 8.16. The summed E-state index contributed by atoms with van der Waals surface area (Å²) in [6.45, 7) is 0. The van der Waals surface area contributed by atoms with Crippen LogP contribution in [0.2, 0.25) is 0 Å². The first-order chi connectivity index (χ1) is 20.3. The second-order valence-electron chi connectivity index (χ2n) is 10.7. The second kappa shape index (κ2) is 9.72. The summed E-state index contributed by atoms with van der Waals surface area (Å²) >= 11 is 0. The Labute approximate surface area is 239 Å². The maximum atomic E-state index is 6.13. The first kappa shape index (κ1) is 23.6. The Bertz CT molecular complexity index is 1980. The smallest absolute Gasteiger partial charge is 0.136 e. The molecular formula is C38H28N2O. The van der Waals surface area contributed by atoms with E-state index in [9.17, 15) is 0 Å². The van der Waals surface area contributed by atoms with Crippen LogP contribution in [0.5, 0.6) is 0 Å². The maximum absolute atomic E-state index is 6.13. The fourth-order valence-electron chi connectivity index (χ4n) is 6.14. The predicted molar refractivity (Wildman–Crippen MR) is 170 cm³/mol. The molecule has 41 heavy (non-hydrogen) atoms. The van der Waals surface area contributed by atoms with Crippen molar-refractivity contribution in [3.63, 3.8) is 0 Å². The molecule has 2 unspecified atom stereocenters. The molecule has 0 radical (unpaired) electrons. The van der Waals surface area contributed by atoms with E-state index in [4.69, 9.17) is 4.42 Å². The molecule has 2 heterocycles. The van der Waals surface area contributed by atoms with Crippen molar-refractivity contribution in [2.75, 3.05) is 0 Å². The lowest BCUT2D eigenvalue weighted by Gasteiger charge is -2.37. The van der Waals surface area contributed by atoms with Gasteiger partial charge in [0, 0.05) is 10.8 Å². The average Bonchev–Trinajstić information content (AvgIpc) is 3.44. The summed E-state index contributed by atoms with van der Waals surface area (Å²) in [5, 5.41) is 10.0. The van der Waals surface area contributed by atoms with E-state index in [-0.39, 0.29) is 12.1 Å². The van der Waals surface area contributed by atoms with Crippen LogP contribution in [0, 0.1) is 0 Å². The molecule has 0 amide bonds. The van der Waals surface area contributed by atoms with Crippen molar-refractivity contribution in [3.8, 4) is 11.1 Å². The molecular weight excluding hydrogens is 500 g/mol. The third-order valence-corrected chi connectivity index (χ3v) is 8.16. The zero-order chi connectivity index (χ0) is 27.2. The van der Waals surface area contributed by atoms with E-state index in [0.717, 1.165) is 27.9 Å². The standard InChI is InChI=1S/C38H28N2O/c1-3-10-27(11-4-1)37-38(28-12-5-2-6-13-28)40-33-24-29(22-23-32(33)39-37)25-18-20-26(21-19-25)30-15-9-17-35-36(30)31-14-7-8-16-34(31)41-35/h1-24,32-33,39-40H. The summed E-state index contributed by atoms with van der Waals surface area (Å²) in [6, 6.07) is 44.9. The highest BCUT2D eigenvalue weighted by Gasteiger charge is 2.29. The van der Waals surface area contributed by atoms with Gasteiger partial charge in [-0.3, -0.25) is 0 Å². The van der Waals surface area contributed by atoms with Gasteiger partial charge in [0.2, 0.25) is 0 Å². The Kier molecular flexibility index (Phi) is 5.60. The molecule has 5 aromatic carbocycles. The van der Waals surface area contributed by atoms with Gasteiger partial charge in [0.15, 0.2) is 0 Å². The van der Waals surface area contributed by atoms with Crippen molar-refractivity contribution in [3.05, 3.63) is 162 Å². The van der Waals surface area contributed by atoms with Crippen molar-refractivity contribution in [1.29, 1.82) is 0 Å². The molecule has 2 N–H and O–H groups in total. The van der Waals surface area contributed by atoms with Crippen molar-refractivity contribution in [1.82, 2.24) is 10.6 Å². The SMILES string of the molecule is C1=CC2NC(c3ccccc3)=C(c3ccccc3)NC2C=C1c1ccc(-c2cccc3oc4ccccc4c23)cc1. The van der Waals surface area contributed by atoms with Crippen molar-refractivity contribution in [2.24, 2.45) is 0 Å². The van der Waals surface area contributed by atoms with Crippen LogP contribution in [0.4, 0.5) is 0 Å². The van der Waals surface area contributed by atoms with Gasteiger partial charge in [-0.2, -0.15) is 0 Å². The molecule has 2 atom stereocenters. The molecule has 0 saturated heterocycles. The predicted octanol–water partition coefficient (Wildman–Crippen LogP) is 8.66. The van der Waals surface area contributed by atoms with Crippen LogP contribution in [0.3, 0.4) is 0 Å². The summed E-state index contributed by atoms with van der Waals surface area (Å²) in [4.78, 5) is 0. The summed E-state index contributed by atoms with van der Waals surface area (Å²) in [5.41, 5.74) is 11.2. The summed E-state index contributed by atoms with van der Waals surface area (Å²) in [6.07, 6.45) is 6.87. The molecule has 1 aromatic heterocycles. The minimum Gasteiger partial charge on any atom is -0.456 e. The number of hydrogen-bond acceptors (Lipinski definition) is 3. The highest BCUT2D eigenvalue weighted by molar-refractivity contribution is 6.12. The summed E-state index contributed by atoms with van der Waals surface area (Å²) < 4.78 is 6.13. The maximum Gasteiger partial charge on any atom is 0.136 e. The zero-order valence-electron chi connectivity index (χ0n) is 22.4. The Balaban J connectivity index is 1.13. The minimum absolute atomic E-state index is 0.128. The monoisotopic (exact) mass is 528 g/mol. The van der Waals surface area contributed by atoms with E-state index in [1.807, 2.05) is 18.2 Å². The average molecular weight is 529 g/mol. The van der Waals surface area contributed by atoms with Gasteiger partial charge in [-0.15, -0.1) is 0 Å². The normalized spacial score (nSPS) is 18.1. The molecule has 3 heteroatoms. The highest BCUT2D eigenvalue weighted by Crippen LogP contribution is 2.37. The van der Waals surface area contributed by atoms with E-state index in [1.54, 1.807) is 0 Å². The Morgan fingerprint density at radius 3 is 1.83 bits per heavy atom. The van der Waals surface area contributed by atoms with Crippen LogP contribution in [0.15, 0.2) is 150 Å². The van der Waals surface area contributed by atoms with Crippen molar-refractivity contribution >= 4 is 38.9 Å². The second-order valence-corrected chi connectivity index (χ2v) is 10.7. The van der Waals surface area contributed by atoms with Gasteiger partial charge in [-0.05, 0) is 45.5 Å². The van der Waals surface area contributed by atoms with Crippen molar-refractivity contribution < 1.29 is 4.42 Å². The van der Waals surface area contributed by atoms with Gasteiger partial charge in [0.25, 0.3) is 0 Å². The lowest BCUT2D eigenvalue weighted by atomic mass is 9.89. The molecule has 6 aromatic rings. The number of furan rings is 1. The lowest BCUT2D eigenvalue weighted by Crippen LogP contribution is -2.50. The largest absolute Gasteiger partial charge is 0.456 e. The quantitative estimate of drug-likeness (QED) is 0.240. The fraction of sp³-hybridized carbons (Fsp3) is 0.0526. The molecule has 0 bridgehead atoms. The van der Waals surface area contributed by atoms with Gasteiger partial charge >= 0.3 is 0 Å². The van der Waals surface area contributed by atoms with Crippen LogP contribution in [-0.4, -0.2) is 12.1 Å². The third kappa shape index (κ3) is 4.14. The highest BCUT2D eigenvalue weighted by atomic mass is 16.3. The Hall–Kier alpha value is -5.28. The van der Waals surface area contributed by atoms with Crippen molar-refractivity contribution in [2.45, 2.75) is 12.1 Å². The van der Waals surface area contributed by atoms with Crippen LogP contribution in [0.1, 0.15) is 16.7 Å². The number of allylic oxidation sites excluding steroid dienone is 2. The molecule has 196 valence electrons. The van der Waals surface area contributed by atoms with Gasteiger partial charge in [-0.25, -0.2) is 0 Å². The van der Waals surface area contributed by atoms with E-state index in [0.29, 0.717) is 0 Å². The van der Waals surface area contributed by atoms with E-state index in [1.165, 1.54) is 38.8 Å². The van der Waals surface area contributed by atoms with Gasteiger partial charge in [0.05, 0.1) is 23.5 Å². The number of para-hydroxylation sites is 1. The zero-order valence-corrected chi connectivity index (χ0v) is 22.4.